The molecule has 0 amide bonds. The maximum Gasteiger partial charge on any atom is 0.333 e. The van der Waals surface area contributed by atoms with E-state index in [4.69, 9.17) is 4.74 Å². The average molecular weight is 445 g/mol. The number of hydrogen-bond donors (Lipinski definition) is 0. The van der Waals surface area contributed by atoms with Gasteiger partial charge in [-0.25, -0.2) is 9.78 Å². The van der Waals surface area contributed by atoms with Crippen molar-refractivity contribution in [2.75, 3.05) is 6.61 Å². The number of aromatic nitrogens is 4. The van der Waals surface area contributed by atoms with Crippen LogP contribution in [0.1, 0.15) is 42.9 Å². The molecule has 2 heterocycles. The number of para-hydroxylation sites is 1. The van der Waals surface area contributed by atoms with E-state index in [9.17, 15) is 9.59 Å². The highest BCUT2D eigenvalue weighted by molar-refractivity contribution is 5.70. The minimum Gasteiger partial charge on any atom is -0.491 e. The zero-order valence-electron chi connectivity index (χ0n) is 18.8. The zero-order chi connectivity index (χ0) is 22.8. The van der Waals surface area contributed by atoms with E-state index in [1.54, 1.807) is 10.9 Å². The quantitative estimate of drug-likeness (QED) is 0.433. The summed E-state index contributed by atoms with van der Waals surface area (Å²) in [6.45, 7) is 2.73. The summed E-state index contributed by atoms with van der Waals surface area (Å²) in [5.74, 6) is 0.757. The van der Waals surface area contributed by atoms with E-state index in [-0.39, 0.29) is 30.4 Å². The van der Waals surface area contributed by atoms with Crippen LogP contribution in [0.15, 0.2) is 70.5 Å². The Kier molecular flexibility index (Phi) is 5.86. The van der Waals surface area contributed by atoms with Crippen LogP contribution in [0.5, 0.6) is 5.75 Å². The second-order valence-corrected chi connectivity index (χ2v) is 8.69. The Bertz CT molecular complexity index is 1380. The lowest BCUT2D eigenvalue weighted by Crippen LogP contribution is -2.42. The van der Waals surface area contributed by atoms with E-state index in [2.05, 4.69) is 4.98 Å². The molecule has 0 saturated heterocycles. The third-order valence-electron chi connectivity index (χ3n) is 6.51. The Hall–Kier alpha value is -3.61. The van der Waals surface area contributed by atoms with Gasteiger partial charge in [-0.3, -0.25) is 13.9 Å². The lowest BCUT2D eigenvalue weighted by atomic mass is 10.2. The number of fused-ring (bicyclic) bond motifs is 1. The molecule has 1 saturated carbocycles. The van der Waals surface area contributed by atoms with Crippen molar-refractivity contribution >= 4 is 11.2 Å². The minimum atomic E-state index is -0.360. The zero-order valence-corrected chi connectivity index (χ0v) is 18.8. The van der Waals surface area contributed by atoms with Gasteiger partial charge in [-0.2, -0.15) is 0 Å². The smallest absolute Gasteiger partial charge is 0.333 e. The molecule has 2 aromatic carbocycles. The van der Waals surface area contributed by atoms with E-state index in [0.717, 1.165) is 42.6 Å². The van der Waals surface area contributed by atoms with Gasteiger partial charge >= 0.3 is 5.69 Å². The Morgan fingerprint density at radius 3 is 2.45 bits per heavy atom. The molecule has 1 aliphatic rings. The first kappa shape index (κ1) is 21.2. The van der Waals surface area contributed by atoms with Gasteiger partial charge in [0.2, 0.25) is 0 Å². The average Bonchev–Trinajstić information content (AvgIpc) is 3.51. The molecule has 5 rings (SSSR count). The lowest BCUT2D eigenvalue weighted by molar-refractivity contribution is 0.290. The number of imidazole rings is 1. The predicted molar refractivity (Wildman–Crippen MR) is 128 cm³/mol. The molecule has 7 nitrogen and oxygen atoms in total. The molecule has 33 heavy (non-hydrogen) atoms. The Morgan fingerprint density at radius 2 is 1.70 bits per heavy atom. The van der Waals surface area contributed by atoms with E-state index >= 15 is 0 Å². The van der Waals surface area contributed by atoms with Crippen LogP contribution in [0.3, 0.4) is 0 Å². The molecular weight excluding hydrogens is 416 g/mol. The van der Waals surface area contributed by atoms with Crippen molar-refractivity contribution in [3.63, 3.8) is 0 Å². The van der Waals surface area contributed by atoms with Crippen LogP contribution in [0.25, 0.3) is 11.2 Å². The van der Waals surface area contributed by atoms with Crippen LogP contribution in [0.2, 0.25) is 0 Å². The maximum absolute atomic E-state index is 13.5. The summed E-state index contributed by atoms with van der Waals surface area (Å²) in [7, 11) is 0. The highest BCUT2D eigenvalue weighted by atomic mass is 16.5. The van der Waals surface area contributed by atoms with Crippen LogP contribution < -0.4 is 16.0 Å². The van der Waals surface area contributed by atoms with Crippen LogP contribution >= 0.6 is 0 Å². The van der Waals surface area contributed by atoms with Crippen molar-refractivity contribution in [3.05, 3.63) is 92.9 Å². The van der Waals surface area contributed by atoms with E-state index < -0.39 is 0 Å². The Labute approximate surface area is 191 Å². The summed E-state index contributed by atoms with van der Waals surface area (Å²) >= 11 is 0. The third-order valence-corrected chi connectivity index (χ3v) is 6.51. The molecule has 2 aromatic heterocycles. The molecule has 0 bridgehead atoms. The van der Waals surface area contributed by atoms with Gasteiger partial charge in [0.1, 0.15) is 12.4 Å². The fourth-order valence-electron chi connectivity index (χ4n) is 4.74. The van der Waals surface area contributed by atoms with Crippen molar-refractivity contribution < 1.29 is 4.74 Å². The van der Waals surface area contributed by atoms with Crippen molar-refractivity contribution in [1.29, 1.82) is 0 Å². The molecule has 7 heteroatoms. The van der Waals surface area contributed by atoms with Crippen LogP contribution in [0, 0.1) is 6.92 Å². The van der Waals surface area contributed by atoms with Crippen molar-refractivity contribution in [3.8, 4) is 5.75 Å². The van der Waals surface area contributed by atoms with Crippen LogP contribution in [-0.2, 0) is 13.1 Å². The van der Waals surface area contributed by atoms with Crippen LogP contribution in [0.4, 0.5) is 0 Å². The van der Waals surface area contributed by atoms with Gasteiger partial charge in [-0.05, 0) is 37.0 Å². The second-order valence-electron chi connectivity index (χ2n) is 8.69. The molecule has 0 spiro atoms. The van der Waals surface area contributed by atoms with Gasteiger partial charge in [-0.15, -0.1) is 0 Å². The number of benzene rings is 2. The Morgan fingerprint density at radius 1 is 0.970 bits per heavy atom. The summed E-state index contributed by atoms with van der Waals surface area (Å²) in [5, 5.41) is 0. The number of aryl methyl sites for hydroxylation is 1. The SMILES string of the molecule is Cc1ccccc1OCCn1c(=O)c2c(ncn2C2CCCC2)n(Cc2ccccc2)c1=O. The molecule has 0 atom stereocenters. The highest BCUT2D eigenvalue weighted by Crippen LogP contribution is 2.31. The molecule has 0 N–H and O–H groups in total. The number of ether oxygens (including phenoxy) is 1. The standard InChI is InChI=1S/C26H28N4O3/c1-19-9-5-8-14-22(19)33-16-15-28-25(31)23-24(27-18-30(23)21-12-6-7-13-21)29(26(28)32)17-20-10-3-2-4-11-20/h2-5,8-11,14,18,21H,6-7,12-13,15-17H2,1H3. The van der Waals surface area contributed by atoms with E-state index in [0.29, 0.717) is 17.7 Å². The predicted octanol–water partition coefficient (Wildman–Crippen LogP) is 3.91. The van der Waals surface area contributed by atoms with E-state index in [1.165, 1.54) is 4.57 Å². The number of nitrogens with zero attached hydrogens (tertiary/aromatic N) is 4. The van der Waals surface area contributed by atoms with Gasteiger partial charge in [0.05, 0.1) is 19.4 Å². The number of hydrogen-bond acceptors (Lipinski definition) is 4. The molecule has 4 aromatic rings. The largest absolute Gasteiger partial charge is 0.491 e. The first-order valence-electron chi connectivity index (χ1n) is 11.6. The molecule has 1 aliphatic carbocycles. The van der Waals surface area contributed by atoms with Gasteiger partial charge in [-0.1, -0.05) is 61.4 Å². The molecule has 0 aliphatic heterocycles. The topological polar surface area (TPSA) is 71.1 Å². The highest BCUT2D eigenvalue weighted by Gasteiger charge is 2.24. The van der Waals surface area contributed by atoms with Crippen molar-refractivity contribution in [2.45, 2.75) is 51.7 Å². The fraction of sp³-hybridized carbons (Fsp3) is 0.346. The van der Waals surface area contributed by atoms with Gasteiger partial charge in [0, 0.05) is 6.04 Å². The fourth-order valence-corrected chi connectivity index (χ4v) is 4.74. The summed E-state index contributed by atoms with van der Waals surface area (Å²) in [5.41, 5.74) is 2.31. The summed E-state index contributed by atoms with van der Waals surface area (Å²) in [6, 6.07) is 17.8. The van der Waals surface area contributed by atoms with Crippen molar-refractivity contribution in [1.82, 2.24) is 18.7 Å². The molecule has 170 valence electrons. The van der Waals surface area contributed by atoms with Crippen molar-refractivity contribution in [2.24, 2.45) is 0 Å². The normalized spacial score (nSPS) is 14.2. The molecular formula is C26H28N4O3. The van der Waals surface area contributed by atoms with Gasteiger partial charge < -0.3 is 9.30 Å². The summed E-state index contributed by atoms with van der Waals surface area (Å²) < 4.78 is 10.8. The third kappa shape index (κ3) is 4.11. The van der Waals surface area contributed by atoms with Gasteiger partial charge in [0.25, 0.3) is 5.56 Å². The second kappa shape index (κ2) is 9.10. The maximum atomic E-state index is 13.5. The summed E-state index contributed by atoms with van der Waals surface area (Å²) in [4.78, 5) is 31.5. The minimum absolute atomic E-state index is 0.173. The first-order chi connectivity index (χ1) is 16.1. The molecule has 0 unspecified atom stereocenters. The Balaban J connectivity index is 1.56. The summed E-state index contributed by atoms with van der Waals surface area (Å²) in [6.07, 6.45) is 6.08. The molecule has 0 radical (unpaired) electrons. The lowest BCUT2D eigenvalue weighted by Gasteiger charge is -2.16. The monoisotopic (exact) mass is 444 g/mol. The molecule has 1 fully saturated rings. The van der Waals surface area contributed by atoms with Crippen LogP contribution in [-0.4, -0.2) is 25.3 Å². The number of rotatable bonds is 7. The first-order valence-corrected chi connectivity index (χ1v) is 11.6. The van der Waals surface area contributed by atoms with Gasteiger partial charge in [0.15, 0.2) is 11.2 Å². The van der Waals surface area contributed by atoms with E-state index in [1.807, 2.05) is 66.1 Å².